The van der Waals surface area contributed by atoms with Gasteiger partial charge in [-0.1, -0.05) is 42.5 Å². The Balaban J connectivity index is 1.92. The molecule has 0 aliphatic heterocycles. The number of halogens is 1. The smallest absolute Gasteiger partial charge is 0.279 e. The number of carbonyl (C=O) groups is 1. The van der Waals surface area contributed by atoms with E-state index in [1.54, 1.807) is 0 Å². The summed E-state index contributed by atoms with van der Waals surface area (Å²) in [6.45, 7) is 4.39. The van der Waals surface area contributed by atoms with Crippen LogP contribution >= 0.6 is 22.6 Å². The van der Waals surface area contributed by atoms with Gasteiger partial charge in [-0.05, 0) is 41.6 Å². The minimum atomic E-state index is 0.0619. The van der Waals surface area contributed by atoms with E-state index in [0.717, 1.165) is 22.3 Å². The van der Waals surface area contributed by atoms with E-state index in [9.17, 15) is 4.79 Å². The number of benzene rings is 2. The molecule has 0 fully saturated rings. The summed E-state index contributed by atoms with van der Waals surface area (Å²) in [5, 5.41) is 2.99. The van der Waals surface area contributed by atoms with Gasteiger partial charge in [0.2, 0.25) is 0 Å². The van der Waals surface area contributed by atoms with Gasteiger partial charge >= 0.3 is 0 Å². The molecule has 0 aromatic heterocycles. The lowest BCUT2D eigenvalue weighted by molar-refractivity contribution is -0.903. The van der Waals surface area contributed by atoms with Crippen molar-refractivity contribution >= 4 is 34.2 Å². The Morgan fingerprint density at radius 3 is 2.43 bits per heavy atom. The predicted molar refractivity (Wildman–Crippen MR) is 94.3 cm³/mol. The number of hydrogen-bond acceptors (Lipinski definition) is 1. The van der Waals surface area contributed by atoms with Gasteiger partial charge in [-0.3, -0.25) is 4.79 Å². The fourth-order valence-corrected chi connectivity index (χ4v) is 2.70. The maximum atomic E-state index is 12.2. The van der Waals surface area contributed by atoms with E-state index in [4.69, 9.17) is 0 Å². The number of amides is 1. The summed E-state index contributed by atoms with van der Waals surface area (Å²) in [6, 6.07) is 18.1. The number of para-hydroxylation sites is 1. The van der Waals surface area contributed by atoms with E-state index in [1.165, 1.54) is 10.5 Å². The molecule has 2 N–H and O–H groups in total. The van der Waals surface area contributed by atoms with Crippen LogP contribution in [-0.2, 0) is 11.3 Å². The highest BCUT2D eigenvalue weighted by Gasteiger charge is 2.14. The lowest BCUT2D eigenvalue weighted by Crippen LogP contribution is -3.11. The van der Waals surface area contributed by atoms with Crippen LogP contribution in [0, 0.1) is 3.57 Å². The summed E-state index contributed by atoms with van der Waals surface area (Å²) in [4.78, 5) is 13.4. The molecule has 3 nitrogen and oxygen atoms in total. The maximum Gasteiger partial charge on any atom is 0.279 e. The molecule has 1 amide bonds. The predicted octanol–water partition coefficient (Wildman–Crippen LogP) is 2.33. The molecule has 0 radical (unpaired) electrons. The first-order chi connectivity index (χ1) is 10.2. The van der Waals surface area contributed by atoms with E-state index in [0.29, 0.717) is 6.54 Å². The number of nitrogens with one attached hydrogen (secondary N) is 2. The summed E-state index contributed by atoms with van der Waals surface area (Å²) in [7, 11) is 0. The highest BCUT2D eigenvalue weighted by Crippen LogP contribution is 2.16. The summed E-state index contributed by atoms with van der Waals surface area (Å²) in [6.07, 6.45) is 0. The van der Waals surface area contributed by atoms with E-state index in [2.05, 4.69) is 47.0 Å². The fraction of sp³-hybridized carbons (Fsp3) is 0.235. The van der Waals surface area contributed by atoms with Crippen molar-refractivity contribution in [3.8, 4) is 0 Å². The number of rotatable bonds is 6. The summed E-state index contributed by atoms with van der Waals surface area (Å²) in [5.74, 6) is 0.0619. The third-order valence-electron chi connectivity index (χ3n) is 3.36. The Bertz CT molecular complexity index is 586. The first kappa shape index (κ1) is 16.0. The Labute approximate surface area is 139 Å². The van der Waals surface area contributed by atoms with E-state index >= 15 is 0 Å². The second-order valence-corrected chi connectivity index (χ2v) is 6.13. The van der Waals surface area contributed by atoms with Gasteiger partial charge in [0.05, 0.1) is 12.2 Å². The fourth-order valence-electron chi connectivity index (χ4n) is 2.18. The number of hydrogen-bond donors (Lipinski definition) is 2. The largest absolute Gasteiger partial charge is 0.324 e. The van der Waals surface area contributed by atoms with Crippen molar-refractivity contribution in [3.63, 3.8) is 0 Å². The minimum Gasteiger partial charge on any atom is -0.324 e. The molecular formula is C17H20IN2O+. The number of quaternary nitrogens is 1. The van der Waals surface area contributed by atoms with E-state index in [1.807, 2.05) is 42.5 Å². The van der Waals surface area contributed by atoms with Crippen molar-refractivity contribution in [1.82, 2.24) is 0 Å². The lowest BCUT2D eigenvalue weighted by Gasteiger charge is -2.17. The molecule has 2 aromatic rings. The average molecular weight is 395 g/mol. The molecule has 0 spiro atoms. The van der Waals surface area contributed by atoms with Gasteiger partial charge in [-0.2, -0.15) is 0 Å². The first-order valence-electron chi connectivity index (χ1n) is 7.11. The Kier molecular flexibility index (Phi) is 6.20. The number of anilines is 1. The SMILES string of the molecule is CC[NH+](CC(=O)Nc1ccccc1I)Cc1ccccc1. The quantitative estimate of drug-likeness (QED) is 0.724. The highest BCUT2D eigenvalue weighted by atomic mass is 127. The van der Waals surface area contributed by atoms with Crippen LogP contribution in [0.2, 0.25) is 0 Å². The normalized spacial score (nSPS) is 11.9. The molecule has 1 unspecified atom stereocenters. The standard InChI is InChI=1S/C17H19IN2O/c1-2-20(12-14-8-4-3-5-9-14)13-17(21)19-16-11-7-6-10-15(16)18/h3-11H,2,12-13H2,1H3,(H,19,21)/p+1. The van der Waals surface area contributed by atoms with Crippen LogP contribution in [0.4, 0.5) is 5.69 Å². The van der Waals surface area contributed by atoms with E-state index < -0.39 is 0 Å². The third-order valence-corrected chi connectivity index (χ3v) is 4.30. The Morgan fingerprint density at radius 2 is 1.76 bits per heavy atom. The zero-order valence-corrected chi connectivity index (χ0v) is 14.3. The van der Waals surface area contributed by atoms with Crippen molar-refractivity contribution < 1.29 is 9.69 Å². The summed E-state index contributed by atoms with van der Waals surface area (Å²) < 4.78 is 1.06. The van der Waals surface area contributed by atoms with Crippen molar-refractivity contribution in [2.75, 3.05) is 18.4 Å². The maximum absolute atomic E-state index is 12.2. The molecule has 2 rings (SSSR count). The van der Waals surface area contributed by atoms with Gasteiger partial charge in [0.25, 0.3) is 5.91 Å². The van der Waals surface area contributed by atoms with Crippen molar-refractivity contribution in [1.29, 1.82) is 0 Å². The van der Waals surface area contributed by atoms with Crippen LogP contribution in [0.25, 0.3) is 0 Å². The Hall–Kier alpha value is -1.40. The van der Waals surface area contributed by atoms with Gasteiger partial charge in [-0.25, -0.2) is 0 Å². The van der Waals surface area contributed by atoms with Crippen LogP contribution in [0.3, 0.4) is 0 Å². The zero-order chi connectivity index (χ0) is 15.1. The van der Waals surface area contributed by atoms with Crippen LogP contribution in [-0.4, -0.2) is 19.0 Å². The molecule has 0 saturated carbocycles. The lowest BCUT2D eigenvalue weighted by atomic mass is 10.2. The summed E-state index contributed by atoms with van der Waals surface area (Å²) in [5.41, 5.74) is 2.15. The second-order valence-electron chi connectivity index (χ2n) is 4.97. The number of carbonyl (C=O) groups excluding carboxylic acids is 1. The second kappa shape index (κ2) is 8.14. The number of likely N-dealkylation sites (N-methyl/N-ethyl adjacent to an activating group) is 1. The molecule has 0 aliphatic rings. The molecule has 110 valence electrons. The molecule has 1 atom stereocenters. The van der Waals surface area contributed by atoms with Gasteiger partial charge in [0.15, 0.2) is 6.54 Å². The van der Waals surface area contributed by atoms with Crippen molar-refractivity contribution in [3.05, 3.63) is 63.7 Å². The average Bonchev–Trinajstić information content (AvgIpc) is 2.50. The van der Waals surface area contributed by atoms with Gasteiger partial charge in [0.1, 0.15) is 6.54 Å². The zero-order valence-electron chi connectivity index (χ0n) is 12.1. The Morgan fingerprint density at radius 1 is 1.10 bits per heavy atom. The molecule has 0 aliphatic carbocycles. The van der Waals surface area contributed by atoms with Crippen LogP contribution in [0.15, 0.2) is 54.6 Å². The third kappa shape index (κ3) is 5.13. The first-order valence-corrected chi connectivity index (χ1v) is 8.18. The van der Waals surface area contributed by atoms with Crippen molar-refractivity contribution in [2.45, 2.75) is 13.5 Å². The van der Waals surface area contributed by atoms with E-state index in [-0.39, 0.29) is 5.91 Å². The van der Waals surface area contributed by atoms with Gasteiger partial charge in [0, 0.05) is 9.13 Å². The molecular weight excluding hydrogens is 375 g/mol. The van der Waals surface area contributed by atoms with Crippen molar-refractivity contribution in [2.24, 2.45) is 0 Å². The van der Waals surface area contributed by atoms with Crippen LogP contribution in [0.1, 0.15) is 12.5 Å². The topological polar surface area (TPSA) is 33.5 Å². The molecule has 0 saturated heterocycles. The monoisotopic (exact) mass is 395 g/mol. The molecule has 4 heteroatoms. The van der Waals surface area contributed by atoms with Crippen LogP contribution in [0.5, 0.6) is 0 Å². The molecule has 0 bridgehead atoms. The molecule has 0 heterocycles. The molecule has 2 aromatic carbocycles. The van der Waals surface area contributed by atoms with Gasteiger partial charge in [-0.15, -0.1) is 0 Å². The summed E-state index contributed by atoms with van der Waals surface area (Å²) >= 11 is 2.23. The minimum absolute atomic E-state index is 0.0619. The van der Waals surface area contributed by atoms with Crippen LogP contribution < -0.4 is 10.2 Å². The molecule has 21 heavy (non-hydrogen) atoms. The highest BCUT2D eigenvalue weighted by molar-refractivity contribution is 14.1. The van der Waals surface area contributed by atoms with Gasteiger partial charge < -0.3 is 10.2 Å².